The lowest BCUT2D eigenvalue weighted by atomic mass is 9.95. The maximum absolute atomic E-state index is 13.3. The first kappa shape index (κ1) is 23.8. The molecule has 0 unspecified atom stereocenters. The molecule has 0 radical (unpaired) electrons. The normalized spacial score (nSPS) is 15.1. The van der Waals surface area contributed by atoms with Crippen molar-refractivity contribution in [1.29, 1.82) is 0 Å². The van der Waals surface area contributed by atoms with Crippen molar-refractivity contribution in [2.45, 2.75) is 77.9 Å². The van der Waals surface area contributed by atoms with E-state index in [0.29, 0.717) is 18.7 Å². The van der Waals surface area contributed by atoms with Crippen LogP contribution in [0.2, 0.25) is 0 Å². The highest BCUT2D eigenvalue weighted by atomic mass is 16.5. The number of hydrogen-bond donors (Lipinski definition) is 1. The lowest BCUT2D eigenvalue weighted by Crippen LogP contribution is -2.52. The molecular formula is C27H36N2O3. The van der Waals surface area contributed by atoms with Crippen LogP contribution in [-0.2, 0) is 16.1 Å². The number of nitrogens with zero attached hydrogens (tertiary/aromatic N) is 1. The van der Waals surface area contributed by atoms with E-state index in [4.69, 9.17) is 4.74 Å². The van der Waals surface area contributed by atoms with Gasteiger partial charge in [0, 0.05) is 12.6 Å². The average Bonchev–Trinajstić information content (AvgIpc) is 2.79. The van der Waals surface area contributed by atoms with Gasteiger partial charge in [-0.05, 0) is 61.9 Å². The Morgan fingerprint density at radius 2 is 1.81 bits per heavy atom. The maximum atomic E-state index is 13.3. The number of carbonyl (C=O) groups is 2. The zero-order chi connectivity index (χ0) is 22.9. The fraction of sp³-hybridized carbons (Fsp3) is 0.481. The number of rotatable bonds is 9. The van der Waals surface area contributed by atoms with Crippen molar-refractivity contribution in [1.82, 2.24) is 10.2 Å². The number of aryl methyl sites for hydroxylation is 2. The average molecular weight is 437 g/mol. The van der Waals surface area contributed by atoms with Crippen molar-refractivity contribution < 1.29 is 14.3 Å². The number of hydrogen-bond acceptors (Lipinski definition) is 3. The highest BCUT2D eigenvalue weighted by Crippen LogP contribution is 2.20. The van der Waals surface area contributed by atoms with Gasteiger partial charge >= 0.3 is 0 Å². The third-order valence-corrected chi connectivity index (χ3v) is 6.29. The monoisotopic (exact) mass is 436 g/mol. The maximum Gasteiger partial charge on any atom is 0.261 e. The van der Waals surface area contributed by atoms with Crippen LogP contribution < -0.4 is 10.1 Å². The minimum absolute atomic E-state index is 0.0584. The van der Waals surface area contributed by atoms with Gasteiger partial charge in [-0.2, -0.15) is 0 Å². The third kappa shape index (κ3) is 6.59. The summed E-state index contributed by atoms with van der Waals surface area (Å²) < 4.78 is 5.80. The van der Waals surface area contributed by atoms with Gasteiger partial charge in [0.05, 0.1) is 0 Å². The van der Waals surface area contributed by atoms with Crippen LogP contribution in [0.4, 0.5) is 0 Å². The first-order valence-electron chi connectivity index (χ1n) is 11.8. The van der Waals surface area contributed by atoms with Crippen molar-refractivity contribution in [2.24, 2.45) is 0 Å². The van der Waals surface area contributed by atoms with E-state index in [1.807, 2.05) is 69.3 Å². The van der Waals surface area contributed by atoms with E-state index in [-0.39, 0.29) is 24.5 Å². The van der Waals surface area contributed by atoms with Gasteiger partial charge in [0.2, 0.25) is 5.91 Å². The van der Waals surface area contributed by atoms with Crippen LogP contribution in [0.1, 0.15) is 62.1 Å². The standard InChI is InChI=1S/C27H36N2O3/c1-4-25(27(31)28-23-14-6-5-7-15-23)29(18-22-13-9-8-12-21(22)3)26(30)19-32-24-16-10-11-20(2)17-24/h8-13,16-17,23,25H,4-7,14-15,18-19H2,1-3H3,(H,28,31)/t25-/m0/s1. The second kappa shape index (κ2) is 11.7. The molecule has 1 saturated carbocycles. The number of nitrogens with one attached hydrogen (secondary N) is 1. The Hall–Kier alpha value is -2.82. The summed E-state index contributed by atoms with van der Waals surface area (Å²) in [7, 11) is 0. The number of amides is 2. The second-order valence-corrected chi connectivity index (χ2v) is 8.82. The van der Waals surface area contributed by atoms with Crippen molar-refractivity contribution in [2.75, 3.05) is 6.61 Å². The van der Waals surface area contributed by atoms with Gasteiger partial charge in [-0.1, -0.05) is 62.6 Å². The zero-order valence-electron chi connectivity index (χ0n) is 19.6. The molecule has 1 fully saturated rings. The molecule has 2 aromatic carbocycles. The Balaban J connectivity index is 1.76. The first-order valence-corrected chi connectivity index (χ1v) is 11.8. The van der Waals surface area contributed by atoms with Crippen molar-refractivity contribution in [3.63, 3.8) is 0 Å². The molecule has 0 spiro atoms. The largest absolute Gasteiger partial charge is 0.484 e. The molecule has 2 aromatic rings. The molecular weight excluding hydrogens is 400 g/mol. The van der Waals surface area contributed by atoms with Crippen LogP contribution in [0, 0.1) is 13.8 Å². The molecule has 1 aliphatic rings. The summed E-state index contributed by atoms with van der Waals surface area (Å²) in [6.45, 7) is 6.28. The van der Waals surface area contributed by atoms with Crippen LogP contribution in [0.15, 0.2) is 48.5 Å². The third-order valence-electron chi connectivity index (χ3n) is 6.29. The lowest BCUT2D eigenvalue weighted by molar-refractivity contribution is -0.143. The Labute approximate surface area is 192 Å². The summed E-state index contributed by atoms with van der Waals surface area (Å²) in [5.41, 5.74) is 3.22. The summed E-state index contributed by atoms with van der Waals surface area (Å²) in [4.78, 5) is 28.3. The smallest absolute Gasteiger partial charge is 0.261 e. The summed E-state index contributed by atoms with van der Waals surface area (Å²) in [5, 5.41) is 3.21. The Bertz CT molecular complexity index is 905. The summed E-state index contributed by atoms with van der Waals surface area (Å²) in [6, 6.07) is 15.3. The van der Waals surface area contributed by atoms with E-state index in [2.05, 4.69) is 5.32 Å². The van der Waals surface area contributed by atoms with Gasteiger partial charge in [-0.25, -0.2) is 0 Å². The zero-order valence-corrected chi connectivity index (χ0v) is 19.6. The van der Waals surface area contributed by atoms with E-state index in [1.54, 1.807) is 4.90 Å². The molecule has 0 heterocycles. The minimum Gasteiger partial charge on any atom is -0.484 e. The van der Waals surface area contributed by atoms with E-state index >= 15 is 0 Å². The highest BCUT2D eigenvalue weighted by Gasteiger charge is 2.30. The Morgan fingerprint density at radius 1 is 1.06 bits per heavy atom. The molecule has 3 rings (SSSR count). The molecule has 1 atom stereocenters. The summed E-state index contributed by atoms with van der Waals surface area (Å²) in [6.07, 6.45) is 6.13. The SMILES string of the molecule is CC[C@@H](C(=O)NC1CCCCC1)N(Cc1ccccc1C)C(=O)COc1cccc(C)c1. The van der Waals surface area contributed by atoms with Gasteiger partial charge in [-0.3, -0.25) is 9.59 Å². The molecule has 0 aromatic heterocycles. The molecule has 5 heteroatoms. The van der Waals surface area contributed by atoms with Gasteiger partial charge in [0.15, 0.2) is 6.61 Å². The van der Waals surface area contributed by atoms with Gasteiger partial charge < -0.3 is 15.0 Å². The second-order valence-electron chi connectivity index (χ2n) is 8.82. The van der Waals surface area contributed by atoms with Gasteiger partial charge in [0.25, 0.3) is 5.91 Å². The molecule has 5 nitrogen and oxygen atoms in total. The van der Waals surface area contributed by atoms with Crippen molar-refractivity contribution in [3.05, 3.63) is 65.2 Å². The van der Waals surface area contributed by atoms with Crippen LogP contribution in [0.25, 0.3) is 0 Å². The Morgan fingerprint density at radius 3 is 2.50 bits per heavy atom. The first-order chi connectivity index (χ1) is 15.5. The quantitative estimate of drug-likeness (QED) is 0.606. The van der Waals surface area contributed by atoms with E-state index in [9.17, 15) is 9.59 Å². The Kier molecular flexibility index (Phi) is 8.72. The molecule has 0 bridgehead atoms. The van der Waals surface area contributed by atoms with E-state index < -0.39 is 6.04 Å². The predicted octanol–water partition coefficient (Wildman–Crippen LogP) is 4.94. The molecule has 0 saturated heterocycles. The fourth-order valence-electron chi connectivity index (χ4n) is 4.37. The summed E-state index contributed by atoms with van der Waals surface area (Å²) >= 11 is 0. The number of carbonyl (C=O) groups excluding carboxylic acids is 2. The molecule has 0 aliphatic heterocycles. The van der Waals surface area contributed by atoms with Gasteiger partial charge in [0.1, 0.15) is 11.8 Å². The van der Waals surface area contributed by atoms with E-state index in [1.165, 1.54) is 6.42 Å². The topological polar surface area (TPSA) is 58.6 Å². The van der Waals surface area contributed by atoms with Crippen molar-refractivity contribution >= 4 is 11.8 Å². The predicted molar refractivity (Wildman–Crippen MR) is 127 cm³/mol. The van der Waals surface area contributed by atoms with Crippen molar-refractivity contribution in [3.8, 4) is 5.75 Å². The number of ether oxygens (including phenoxy) is 1. The van der Waals surface area contributed by atoms with Crippen LogP contribution in [-0.4, -0.2) is 35.4 Å². The van der Waals surface area contributed by atoms with E-state index in [0.717, 1.165) is 42.4 Å². The van der Waals surface area contributed by atoms with Crippen LogP contribution in [0.3, 0.4) is 0 Å². The molecule has 1 aliphatic carbocycles. The molecule has 172 valence electrons. The summed E-state index contributed by atoms with van der Waals surface area (Å²) in [5.74, 6) is 0.422. The molecule has 2 amide bonds. The van der Waals surface area contributed by atoms with Crippen LogP contribution in [0.5, 0.6) is 5.75 Å². The van der Waals surface area contributed by atoms with Gasteiger partial charge in [-0.15, -0.1) is 0 Å². The highest BCUT2D eigenvalue weighted by molar-refractivity contribution is 5.88. The minimum atomic E-state index is -0.523. The fourth-order valence-corrected chi connectivity index (χ4v) is 4.37. The molecule has 1 N–H and O–H groups in total. The van der Waals surface area contributed by atoms with Crippen LogP contribution >= 0.6 is 0 Å². The lowest BCUT2D eigenvalue weighted by Gasteiger charge is -2.33. The molecule has 32 heavy (non-hydrogen) atoms. The number of benzene rings is 2.